The predicted octanol–water partition coefficient (Wildman–Crippen LogP) is 0.358. The van der Waals surface area contributed by atoms with Gasteiger partial charge in [-0.3, -0.25) is 9.69 Å². The third-order valence-corrected chi connectivity index (χ3v) is 2.60. The maximum atomic E-state index is 11.9. The predicted molar refractivity (Wildman–Crippen MR) is 65.7 cm³/mol. The molecule has 104 valence electrons. The molecule has 1 fully saturated rings. The highest BCUT2D eigenvalue weighted by Crippen LogP contribution is 2.21. The van der Waals surface area contributed by atoms with E-state index in [1.165, 1.54) is 22.1 Å². The highest BCUT2D eigenvalue weighted by molar-refractivity contribution is 5.92. The Morgan fingerprint density at radius 1 is 1.42 bits per heavy atom. The van der Waals surface area contributed by atoms with Crippen LogP contribution in [0.4, 0.5) is 4.79 Å². The molecule has 0 radical (unpaired) electrons. The number of nitrogens with zero attached hydrogens (tertiary/aromatic N) is 4. The van der Waals surface area contributed by atoms with E-state index < -0.39 is 17.7 Å². The lowest BCUT2D eigenvalue weighted by Crippen LogP contribution is -2.58. The van der Waals surface area contributed by atoms with Gasteiger partial charge < -0.3 is 4.74 Å². The first-order valence-corrected chi connectivity index (χ1v) is 6.03. The molecule has 1 aliphatic heterocycles. The van der Waals surface area contributed by atoms with Crippen LogP contribution in [0, 0.1) is 0 Å². The van der Waals surface area contributed by atoms with Gasteiger partial charge in [0.1, 0.15) is 11.6 Å². The monoisotopic (exact) mass is 267 g/mol. The van der Waals surface area contributed by atoms with Crippen molar-refractivity contribution < 1.29 is 14.3 Å². The van der Waals surface area contributed by atoms with E-state index in [0.29, 0.717) is 13.0 Å². The second kappa shape index (κ2) is 4.87. The molecule has 2 rings (SSSR count). The van der Waals surface area contributed by atoms with E-state index in [4.69, 9.17) is 4.74 Å². The first-order valence-electron chi connectivity index (χ1n) is 6.03. The topological polar surface area (TPSA) is 89.4 Å². The molecule has 0 aliphatic carbocycles. The summed E-state index contributed by atoms with van der Waals surface area (Å²) in [4.78, 5) is 26.4. The van der Waals surface area contributed by atoms with Crippen LogP contribution in [0.25, 0.3) is 0 Å². The average Bonchev–Trinajstić information content (AvgIpc) is 2.64. The third kappa shape index (κ3) is 3.21. The molecule has 19 heavy (non-hydrogen) atoms. The van der Waals surface area contributed by atoms with Gasteiger partial charge in [0.05, 0.1) is 12.4 Å². The van der Waals surface area contributed by atoms with Gasteiger partial charge in [-0.25, -0.2) is 10.2 Å². The van der Waals surface area contributed by atoms with Gasteiger partial charge in [-0.15, -0.1) is 5.10 Å². The lowest BCUT2D eigenvalue weighted by Gasteiger charge is -2.39. The van der Waals surface area contributed by atoms with Crippen molar-refractivity contribution in [2.45, 2.75) is 38.8 Å². The summed E-state index contributed by atoms with van der Waals surface area (Å²) in [6, 6.07) is -0.515. The van der Waals surface area contributed by atoms with Crippen molar-refractivity contribution in [3.05, 3.63) is 12.4 Å². The lowest BCUT2D eigenvalue weighted by atomic mass is 10.0. The van der Waals surface area contributed by atoms with Gasteiger partial charge in [-0.1, -0.05) is 0 Å². The standard InChI is InChI=1S/C11H17N5O3/c1-11(2,3)19-10(18)15-6-4-8(15)9(17)13-16-7-5-12-14-16/h5,7-8H,4,6H2,1-3H3,(H,13,17)/t8-/m1/s1. The van der Waals surface area contributed by atoms with Crippen LogP contribution in [0.3, 0.4) is 0 Å². The van der Waals surface area contributed by atoms with Crippen LogP contribution in [0.5, 0.6) is 0 Å². The molecule has 1 saturated heterocycles. The molecule has 0 spiro atoms. The minimum absolute atomic E-state index is 0.303. The molecule has 0 unspecified atom stereocenters. The summed E-state index contributed by atoms with van der Waals surface area (Å²) in [5, 5.41) is 7.20. The van der Waals surface area contributed by atoms with E-state index in [-0.39, 0.29) is 5.91 Å². The van der Waals surface area contributed by atoms with Crippen LogP contribution in [-0.2, 0) is 9.53 Å². The molecule has 0 aromatic carbocycles. The number of nitrogens with one attached hydrogen (secondary N) is 1. The van der Waals surface area contributed by atoms with E-state index in [1.807, 2.05) is 0 Å². The lowest BCUT2D eigenvalue weighted by molar-refractivity contribution is -0.126. The van der Waals surface area contributed by atoms with Crippen LogP contribution in [0.15, 0.2) is 12.4 Å². The van der Waals surface area contributed by atoms with Crippen molar-refractivity contribution in [2.75, 3.05) is 12.0 Å². The Morgan fingerprint density at radius 2 is 2.16 bits per heavy atom. The molecule has 8 nitrogen and oxygen atoms in total. The molecular formula is C11H17N5O3. The van der Waals surface area contributed by atoms with Crippen LogP contribution < -0.4 is 5.43 Å². The van der Waals surface area contributed by atoms with Crippen molar-refractivity contribution in [2.24, 2.45) is 0 Å². The zero-order valence-electron chi connectivity index (χ0n) is 11.2. The minimum Gasteiger partial charge on any atom is -0.444 e. The number of carbonyl (C=O) groups is 2. The van der Waals surface area contributed by atoms with Crippen LogP contribution >= 0.6 is 0 Å². The van der Waals surface area contributed by atoms with Crippen LogP contribution in [0.1, 0.15) is 27.2 Å². The third-order valence-electron chi connectivity index (χ3n) is 2.60. The molecule has 2 heterocycles. The highest BCUT2D eigenvalue weighted by atomic mass is 16.6. The quantitative estimate of drug-likeness (QED) is 0.835. The number of hydrogen-bond acceptors (Lipinski definition) is 5. The Labute approximate surface area is 110 Å². The summed E-state index contributed by atoms with van der Waals surface area (Å²) in [6.07, 6.45) is 3.10. The Hall–Kier alpha value is -2.12. The molecule has 2 amide bonds. The smallest absolute Gasteiger partial charge is 0.410 e. The van der Waals surface area contributed by atoms with E-state index in [2.05, 4.69) is 15.7 Å². The van der Waals surface area contributed by atoms with Gasteiger partial charge in [0.15, 0.2) is 0 Å². The number of aromatic nitrogens is 3. The fourth-order valence-electron chi connectivity index (χ4n) is 1.65. The van der Waals surface area contributed by atoms with E-state index >= 15 is 0 Å². The van der Waals surface area contributed by atoms with E-state index in [0.717, 1.165) is 0 Å². The summed E-state index contributed by atoms with van der Waals surface area (Å²) < 4.78 is 5.23. The van der Waals surface area contributed by atoms with Crippen molar-refractivity contribution >= 4 is 12.0 Å². The van der Waals surface area contributed by atoms with Gasteiger partial charge in [0, 0.05) is 6.54 Å². The van der Waals surface area contributed by atoms with Crippen molar-refractivity contribution in [3.8, 4) is 0 Å². The fraction of sp³-hybridized carbons (Fsp3) is 0.636. The summed E-state index contributed by atoms with van der Waals surface area (Å²) >= 11 is 0. The summed E-state index contributed by atoms with van der Waals surface area (Å²) in [5.74, 6) is -0.303. The summed E-state index contributed by atoms with van der Waals surface area (Å²) in [7, 11) is 0. The number of rotatable bonds is 2. The number of ether oxygens (including phenoxy) is 1. The summed E-state index contributed by atoms with van der Waals surface area (Å²) in [5.41, 5.74) is 1.96. The SMILES string of the molecule is CC(C)(C)OC(=O)N1CC[C@@H]1C(=O)Nn1ccnn1. The van der Waals surface area contributed by atoms with Crippen molar-refractivity contribution in [1.29, 1.82) is 0 Å². The fourth-order valence-corrected chi connectivity index (χ4v) is 1.65. The van der Waals surface area contributed by atoms with E-state index in [1.54, 1.807) is 20.8 Å². The zero-order chi connectivity index (χ0) is 14.0. The van der Waals surface area contributed by atoms with Crippen molar-refractivity contribution in [1.82, 2.24) is 20.0 Å². The minimum atomic E-state index is -0.570. The largest absolute Gasteiger partial charge is 0.444 e. The number of carbonyl (C=O) groups excluding carboxylic acids is 2. The van der Waals surface area contributed by atoms with Gasteiger partial charge in [-0.05, 0) is 32.4 Å². The maximum Gasteiger partial charge on any atom is 0.410 e. The van der Waals surface area contributed by atoms with Gasteiger partial charge >= 0.3 is 6.09 Å². The second-order valence-corrected chi connectivity index (χ2v) is 5.30. The molecule has 1 aromatic heterocycles. The normalized spacial score (nSPS) is 18.7. The van der Waals surface area contributed by atoms with Crippen LogP contribution in [0.2, 0.25) is 0 Å². The Kier molecular flexibility index (Phi) is 3.41. The number of likely N-dealkylation sites (tertiary alicyclic amines) is 1. The van der Waals surface area contributed by atoms with Gasteiger partial charge in [-0.2, -0.15) is 4.79 Å². The number of hydrogen-bond donors (Lipinski definition) is 1. The molecule has 1 aromatic rings. The molecule has 8 heteroatoms. The molecule has 1 N–H and O–H groups in total. The Morgan fingerprint density at radius 3 is 2.63 bits per heavy atom. The Balaban J connectivity index is 1.91. The van der Waals surface area contributed by atoms with Gasteiger partial charge in [0.2, 0.25) is 0 Å². The average molecular weight is 267 g/mol. The zero-order valence-corrected chi connectivity index (χ0v) is 11.2. The van der Waals surface area contributed by atoms with Gasteiger partial charge in [0.25, 0.3) is 5.91 Å². The first-order chi connectivity index (χ1) is 8.87. The van der Waals surface area contributed by atoms with E-state index in [9.17, 15) is 9.59 Å². The molecule has 1 aliphatic rings. The summed E-state index contributed by atoms with van der Waals surface area (Å²) in [6.45, 7) is 5.88. The molecule has 0 saturated carbocycles. The maximum absolute atomic E-state index is 11.9. The highest BCUT2D eigenvalue weighted by Gasteiger charge is 2.40. The van der Waals surface area contributed by atoms with Crippen LogP contribution in [-0.4, -0.2) is 50.2 Å². The number of amides is 2. The molecular weight excluding hydrogens is 250 g/mol. The Bertz CT molecular complexity index is 465. The second-order valence-electron chi connectivity index (χ2n) is 5.30. The van der Waals surface area contributed by atoms with Crippen molar-refractivity contribution in [3.63, 3.8) is 0 Å². The first kappa shape index (κ1) is 13.3. The molecule has 0 bridgehead atoms. The molecule has 1 atom stereocenters.